The highest BCUT2D eigenvalue weighted by molar-refractivity contribution is 4.96. The minimum atomic E-state index is 0.701. The molecule has 0 atom stereocenters. The molecule has 0 saturated carbocycles. The maximum absolute atomic E-state index is 4.75. The molecular weight excluding hydrogens is 76.1 g/mol. The van der Waals surface area contributed by atoms with Crippen LogP contribution in [0.4, 0.5) is 0 Å². The third kappa shape index (κ3) is 0.568. The second-order valence-electron chi connectivity index (χ2n) is 1.02. The second-order valence-corrected chi connectivity index (χ2v) is 1.02. The average Bonchev–Trinajstić information content (AvgIpc) is 1.72. The Balaban J connectivity index is 2.46. The first-order valence-electron chi connectivity index (χ1n) is 1.84. The summed E-state index contributed by atoms with van der Waals surface area (Å²) in [4.78, 5) is 0. The molecule has 1 aliphatic rings. The third-order valence-corrected chi connectivity index (χ3v) is 0.558. The van der Waals surface area contributed by atoms with Gasteiger partial charge in [0, 0.05) is 0 Å². The van der Waals surface area contributed by atoms with Crippen LogP contribution >= 0.6 is 0 Å². The van der Waals surface area contributed by atoms with Crippen LogP contribution in [0.3, 0.4) is 0 Å². The van der Waals surface area contributed by atoms with Crippen molar-refractivity contribution < 1.29 is 4.74 Å². The van der Waals surface area contributed by atoms with E-state index in [0.29, 0.717) is 6.61 Å². The van der Waals surface area contributed by atoms with Crippen LogP contribution in [0.1, 0.15) is 0 Å². The Labute approximate surface area is 36.9 Å². The van der Waals surface area contributed by atoms with Crippen LogP contribution < -0.4 is 0 Å². The van der Waals surface area contributed by atoms with Gasteiger partial charge in [0.2, 0.25) is 6.26 Å². The lowest BCUT2D eigenvalue weighted by atomic mass is 10.5. The average molecular weight is 81.1 g/mol. The summed E-state index contributed by atoms with van der Waals surface area (Å²) in [5.74, 6) is 0. The monoisotopic (exact) mass is 81.0 g/mol. The summed E-state index contributed by atoms with van der Waals surface area (Å²) in [5.41, 5.74) is 0. The Morgan fingerprint density at radius 2 is 2.67 bits per heavy atom. The lowest BCUT2D eigenvalue weighted by Crippen LogP contribution is -1.83. The summed E-state index contributed by atoms with van der Waals surface area (Å²) >= 11 is 0. The van der Waals surface area contributed by atoms with E-state index in [-0.39, 0.29) is 0 Å². The maximum Gasteiger partial charge on any atom is 0.231 e. The molecule has 0 N–H and O–H groups in total. The Bertz CT molecular complexity index is 69.9. The molecule has 0 aliphatic carbocycles. The molecule has 0 fully saturated rings. The van der Waals surface area contributed by atoms with E-state index in [4.69, 9.17) is 4.74 Å². The van der Waals surface area contributed by atoms with E-state index in [9.17, 15) is 0 Å². The molecule has 0 spiro atoms. The predicted octanol–water partition coefficient (Wildman–Crippen LogP) is 0.890. The second kappa shape index (κ2) is 1.58. The molecule has 0 aromatic heterocycles. The van der Waals surface area contributed by atoms with Crippen LogP contribution in [0.15, 0.2) is 18.4 Å². The van der Waals surface area contributed by atoms with Crippen molar-refractivity contribution in [2.75, 3.05) is 6.61 Å². The van der Waals surface area contributed by atoms with Crippen molar-refractivity contribution in [1.29, 1.82) is 0 Å². The quantitative estimate of drug-likeness (QED) is 0.393. The molecule has 0 aromatic rings. The fourth-order valence-electron chi connectivity index (χ4n) is 0.307. The van der Waals surface area contributed by atoms with Crippen LogP contribution in [0.25, 0.3) is 0 Å². The fourth-order valence-corrected chi connectivity index (χ4v) is 0.307. The van der Waals surface area contributed by atoms with E-state index in [1.54, 1.807) is 6.26 Å². The summed E-state index contributed by atoms with van der Waals surface area (Å²) in [6.45, 7) is 0.701. The van der Waals surface area contributed by atoms with Gasteiger partial charge in [0.05, 0.1) is 6.08 Å². The van der Waals surface area contributed by atoms with E-state index in [1.165, 1.54) is 0 Å². The molecule has 0 amide bonds. The van der Waals surface area contributed by atoms with Gasteiger partial charge >= 0.3 is 0 Å². The Morgan fingerprint density at radius 1 is 1.67 bits per heavy atom. The first kappa shape index (κ1) is 3.38. The predicted molar refractivity (Wildman–Crippen MR) is 22.9 cm³/mol. The zero-order valence-corrected chi connectivity index (χ0v) is 3.35. The van der Waals surface area contributed by atoms with Gasteiger partial charge in [-0.25, -0.2) is 0 Å². The van der Waals surface area contributed by atoms with Crippen molar-refractivity contribution in [3.05, 3.63) is 24.5 Å². The van der Waals surface area contributed by atoms with Crippen LogP contribution in [0.2, 0.25) is 0 Å². The van der Waals surface area contributed by atoms with E-state index in [2.05, 4.69) is 6.08 Å². The van der Waals surface area contributed by atoms with Crippen molar-refractivity contribution in [2.45, 2.75) is 0 Å². The van der Waals surface area contributed by atoms with Crippen molar-refractivity contribution >= 4 is 0 Å². The lowest BCUT2D eigenvalue weighted by molar-refractivity contribution is 0.284. The van der Waals surface area contributed by atoms with E-state index in [1.807, 2.05) is 12.2 Å². The molecule has 0 bridgehead atoms. The van der Waals surface area contributed by atoms with Crippen molar-refractivity contribution in [1.82, 2.24) is 0 Å². The van der Waals surface area contributed by atoms with Crippen LogP contribution in [-0.4, -0.2) is 6.61 Å². The smallest absolute Gasteiger partial charge is 0.231 e. The summed E-state index contributed by atoms with van der Waals surface area (Å²) in [7, 11) is 0. The van der Waals surface area contributed by atoms with Gasteiger partial charge in [-0.05, 0) is 0 Å². The van der Waals surface area contributed by atoms with Crippen LogP contribution in [-0.2, 0) is 4.74 Å². The van der Waals surface area contributed by atoms with Gasteiger partial charge in [-0.15, -0.1) is 0 Å². The molecular formula is C5H5O+. The zero-order valence-electron chi connectivity index (χ0n) is 3.35. The Morgan fingerprint density at radius 3 is 2.83 bits per heavy atom. The third-order valence-electron chi connectivity index (χ3n) is 0.558. The maximum atomic E-state index is 4.75. The molecule has 1 rings (SSSR count). The van der Waals surface area contributed by atoms with Gasteiger partial charge < -0.3 is 4.74 Å². The van der Waals surface area contributed by atoms with Gasteiger partial charge in [0.1, 0.15) is 6.08 Å². The normalized spacial score (nSPS) is 16.0. The first-order chi connectivity index (χ1) is 3.00. The largest absolute Gasteiger partial charge is 0.451 e. The highest BCUT2D eigenvalue weighted by Gasteiger charge is 1.88. The number of ether oxygens (including phenoxy) is 1. The Hall–Kier alpha value is -0.810. The lowest BCUT2D eigenvalue weighted by Gasteiger charge is -1.84. The number of rotatable bonds is 0. The summed E-state index contributed by atoms with van der Waals surface area (Å²) in [5, 5.41) is 0. The van der Waals surface area contributed by atoms with Crippen molar-refractivity contribution in [2.24, 2.45) is 0 Å². The van der Waals surface area contributed by atoms with E-state index in [0.717, 1.165) is 0 Å². The molecule has 1 nitrogen and oxygen atoms in total. The number of allylic oxidation sites excluding steroid dienone is 2. The van der Waals surface area contributed by atoms with Crippen molar-refractivity contribution in [3.8, 4) is 0 Å². The molecule has 1 aliphatic heterocycles. The highest BCUT2D eigenvalue weighted by atomic mass is 16.5. The van der Waals surface area contributed by atoms with Gasteiger partial charge in [-0.2, -0.15) is 0 Å². The molecule has 30 valence electrons. The van der Waals surface area contributed by atoms with Crippen LogP contribution in [0, 0.1) is 6.08 Å². The fraction of sp³-hybridized carbons (Fsp3) is 0.200. The zero-order chi connectivity index (χ0) is 4.24. The summed E-state index contributed by atoms with van der Waals surface area (Å²) in [6.07, 6.45) is 8.05. The minimum absolute atomic E-state index is 0.701. The summed E-state index contributed by atoms with van der Waals surface area (Å²) < 4.78 is 4.75. The number of hydrogen-bond acceptors (Lipinski definition) is 1. The summed E-state index contributed by atoms with van der Waals surface area (Å²) in [6, 6.07) is 0. The minimum Gasteiger partial charge on any atom is -0.451 e. The molecule has 6 heavy (non-hydrogen) atoms. The van der Waals surface area contributed by atoms with Gasteiger partial charge in [0.15, 0.2) is 12.7 Å². The molecule has 1 heteroatoms. The first-order valence-corrected chi connectivity index (χ1v) is 1.84. The molecule has 0 saturated heterocycles. The molecule has 0 aromatic carbocycles. The van der Waals surface area contributed by atoms with Gasteiger partial charge in [-0.3, -0.25) is 0 Å². The SMILES string of the molecule is [C+]1=COCC=C1. The topological polar surface area (TPSA) is 9.23 Å². The van der Waals surface area contributed by atoms with Crippen LogP contribution in [0.5, 0.6) is 0 Å². The van der Waals surface area contributed by atoms with Gasteiger partial charge in [0.25, 0.3) is 0 Å². The standard InChI is InChI=1S/C5H5O/c1-2-4-6-5-3-1/h1-2,5H,4H2/q+1. The van der Waals surface area contributed by atoms with E-state index < -0.39 is 0 Å². The molecule has 0 radical (unpaired) electrons. The molecule has 0 unspecified atom stereocenters. The van der Waals surface area contributed by atoms with Gasteiger partial charge in [-0.1, -0.05) is 0 Å². The highest BCUT2D eigenvalue weighted by Crippen LogP contribution is 1.85. The number of hydrogen-bond donors (Lipinski definition) is 0. The van der Waals surface area contributed by atoms with E-state index >= 15 is 0 Å². The van der Waals surface area contributed by atoms with Crippen molar-refractivity contribution in [3.63, 3.8) is 0 Å². The molecule has 1 heterocycles. The Kier molecular flexibility index (Phi) is 0.892.